The van der Waals surface area contributed by atoms with Crippen molar-refractivity contribution >= 4 is 34.8 Å². The van der Waals surface area contributed by atoms with E-state index in [1.54, 1.807) is 28.3 Å². The van der Waals surface area contributed by atoms with Gasteiger partial charge in [0.2, 0.25) is 5.91 Å². The first-order valence-corrected chi connectivity index (χ1v) is 12.0. The molecule has 1 aromatic carbocycles. The van der Waals surface area contributed by atoms with Gasteiger partial charge >= 0.3 is 5.97 Å². The first-order valence-electron chi connectivity index (χ1n) is 11.1. The molecule has 2 unspecified atom stereocenters. The number of hydrogen-bond acceptors (Lipinski definition) is 7. The molecule has 2 rings (SSSR count). The molecule has 0 radical (unpaired) electrons. The van der Waals surface area contributed by atoms with Gasteiger partial charge in [-0.25, -0.2) is 0 Å². The molecule has 0 saturated carbocycles. The molecule has 3 N–H and O–H groups in total. The van der Waals surface area contributed by atoms with Gasteiger partial charge in [-0.1, -0.05) is 41.0 Å². The zero-order valence-corrected chi connectivity index (χ0v) is 21.4. The van der Waals surface area contributed by atoms with Gasteiger partial charge in [0.05, 0.1) is 12.8 Å². The van der Waals surface area contributed by atoms with Crippen molar-refractivity contribution in [2.75, 3.05) is 12.4 Å². The SMILES string of the molecule is CCC(C)C(N)C(=O)OCn1ccsc1=NC(=O)c1ccc(NC(=O)CC(C)(C)C)c(OC)c1. The summed E-state index contributed by atoms with van der Waals surface area (Å²) in [4.78, 5) is 41.7. The summed E-state index contributed by atoms with van der Waals surface area (Å²) in [6.07, 6.45) is 2.78. The summed E-state index contributed by atoms with van der Waals surface area (Å²) in [5.74, 6) is -0.780. The lowest BCUT2D eigenvalue weighted by atomic mass is 9.92. The summed E-state index contributed by atoms with van der Waals surface area (Å²) in [5.41, 5.74) is 6.52. The number of aromatic nitrogens is 1. The second-order valence-electron chi connectivity index (χ2n) is 9.28. The molecule has 9 nitrogen and oxygen atoms in total. The minimum atomic E-state index is -0.707. The van der Waals surface area contributed by atoms with Gasteiger partial charge in [0.15, 0.2) is 11.5 Å². The molecule has 0 saturated heterocycles. The molecule has 2 amide bonds. The van der Waals surface area contributed by atoms with Crippen LogP contribution in [0.25, 0.3) is 0 Å². The van der Waals surface area contributed by atoms with Crippen molar-refractivity contribution < 1.29 is 23.9 Å². The predicted molar refractivity (Wildman–Crippen MR) is 131 cm³/mol. The molecule has 10 heteroatoms. The standard InChI is InChI=1S/C24H34N4O5S/c1-7-15(2)20(25)22(31)33-14-28-10-11-34-23(28)27-21(30)16-8-9-17(18(12-16)32-6)26-19(29)13-24(3,4)5/h8-12,15,20H,7,13-14,25H2,1-6H3,(H,26,29). The van der Waals surface area contributed by atoms with Crippen LogP contribution in [0.1, 0.15) is 57.8 Å². The summed E-state index contributed by atoms with van der Waals surface area (Å²) in [6.45, 7) is 9.68. The number of nitrogens with two attached hydrogens (primary N) is 1. The van der Waals surface area contributed by atoms with Crippen molar-refractivity contribution in [3.8, 4) is 5.75 Å². The summed E-state index contributed by atoms with van der Waals surface area (Å²) in [6, 6.07) is 4.01. The van der Waals surface area contributed by atoms with E-state index in [1.165, 1.54) is 24.5 Å². The van der Waals surface area contributed by atoms with Crippen molar-refractivity contribution in [3.05, 3.63) is 40.1 Å². The largest absolute Gasteiger partial charge is 0.495 e. The number of nitrogens with zero attached hydrogens (tertiary/aromatic N) is 2. The number of anilines is 1. The molecule has 1 heterocycles. The number of rotatable bonds is 9. The second-order valence-corrected chi connectivity index (χ2v) is 10.1. The van der Waals surface area contributed by atoms with Gasteiger partial charge in [-0.05, 0) is 29.5 Å². The fraction of sp³-hybridized carbons (Fsp3) is 0.500. The Balaban J connectivity index is 2.15. The van der Waals surface area contributed by atoms with Crippen molar-refractivity contribution in [1.82, 2.24) is 4.57 Å². The maximum absolute atomic E-state index is 12.8. The zero-order valence-electron chi connectivity index (χ0n) is 20.6. The normalized spacial score (nSPS) is 13.8. The Morgan fingerprint density at radius 2 is 1.97 bits per heavy atom. The van der Waals surface area contributed by atoms with Crippen LogP contribution >= 0.6 is 11.3 Å². The average Bonchev–Trinajstić information content (AvgIpc) is 3.21. The Labute approximate surface area is 204 Å². The highest BCUT2D eigenvalue weighted by Gasteiger charge is 2.21. The third kappa shape index (κ3) is 7.81. The minimum Gasteiger partial charge on any atom is -0.495 e. The summed E-state index contributed by atoms with van der Waals surface area (Å²) >= 11 is 1.23. The number of thiazole rings is 1. The van der Waals surface area contributed by atoms with Crippen LogP contribution in [0.5, 0.6) is 5.75 Å². The number of amides is 2. The Morgan fingerprint density at radius 3 is 2.59 bits per heavy atom. The minimum absolute atomic E-state index is 0.00177. The van der Waals surface area contributed by atoms with E-state index in [-0.39, 0.29) is 24.0 Å². The lowest BCUT2D eigenvalue weighted by Crippen LogP contribution is -2.38. The topological polar surface area (TPSA) is 125 Å². The molecule has 34 heavy (non-hydrogen) atoms. The van der Waals surface area contributed by atoms with Crippen LogP contribution in [0.2, 0.25) is 0 Å². The van der Waals surface area contributed by atoms with Crippen molar-refractivity contribution in [2.45, 2.75) is 60.2 Å². The predicted octanol–water partition coefficient (Wildman–Crippen LogP) is 3.55. The van der Waals surface area contributed by atoms with Crippen LogP contribution in [-0.2, 0) is 21.1 Å². The molecule has 0 bridgehead atoms. The second kappa shape index (κ2) is 11.9. The molecule has 0 aliphatic carbocycles. The third-order valence-electron chi connectivity index (χ3n) is 5.15. The fourth-order valence-corrected chi connectivity index (χ4v) is 3.67. The molecule has 0 spiro atoms. The van der Waals surface area contributed by atoms with Crippen molar-refractivity contribution in [3.63, 3.8) is 0 Å². The van der Waals surface area contributed by atoms with Crippen LogP contribution in [-0.4, -0.2) is 35.5 Å². The number of ether oxygens (including phenoxy) is 2. The van der Waals surface area contributed by atoms with E-state index in [2.05, 4.69) is 10.3 Å². The lowest BCUT2D eigenvalue weighted by molar-refractivity contribution is -0.150. The van der Waals surface area contributed by atoms with E-state index >= 15 is 0 Å². The van der Waals surface area contributed by atoms with Gasteiger partial charge in [0, 0.05) is 23.6 Å². The third-order valence-corrected chi connectivity index (χ3v) is 5.94. The van der Waals surface area contributed by atoms with Gasteiger partial charge in [0.1, 0.15) is 11.8 Å². The van der Waals surface area contributed by atoms with Gasteiger partial charge in [-0.15, -0.1) is 11.3 Å². The Morgan fingerprint density at radius 1 is 1.26 bits per heavy atom. The van der Waals surface area contributed by atoms with E-state index < -0.39 is 17.9 Å². The van der Waals surface area contributed by atoms with E-state index in [0.717, 1.165) is 6.42 Å². The number of nitrogens with one attached hydrogen (secondary N) is 1. The van der Waals surface area contributed by atoms with Crippen LogP contribution in [0.15, 0.2) is 34.8 Å². The highest BCUT2D eigenvalue weighted by molar-refractivity contribution is 7.07. The molecule has 0 fully saturated rings. The van der Waals surface area contributed by atoms with Gasteiger partial charge in [-0.2, -0.15) is 4.99 Å². The fourth-order valence-electron chi connectivity index (χ4n) is 2.96. The van der Waals surface area contributed by atoms with Crippen LogP contribution < -0.4 is 20.6 Å². The smallest absolute Gasteiger partial charge is 0.324 e. The molecule has 0 aliphatic rings. The Bertz CT molecular complexity index is 1080. The number of benzene rings is 1. The van der Waals surface area contributed by atoms with Crippen LogP contribution in [0.4, 0.5) is 5.69 Å². The van der Waals surface area contributed by atoms with Crippen molar-refractivity contribution in [2.24, 2.45) is 22.1 Å². The Kier molecular flexibility index (Phi) is 9.57. The molecule has 1 aromatic heterocycles. The molecule has 2 aromatic rings. The number of carbonyl (C=O) groups is 3. The summed E-state index contributed by atoms with van der Waals surface area (Å²) in [5, 5.41) is 4.56. The van der Waals surface area contributed by atoms with E-state index in [9.17, 15) is 14.4 Å². The molecule has 2 atom stereocenters. The number of methoxy groups -OCH3 is 1. The first kappa shape index (κ1) is 27.3. The molecule has 0 aliphatic heterocycles. The zero-order chi connectivity index (χ0) is 25.5. The maximum atomic E-state index is 12.8. The lowest BCUT2D eigenvalue weighted by Gasteiger charge is -2.18. The van der Waals surface area contributed by atoms with E-state index in [4.69, 9.17) is 15.2 Å². The Hall–Kier alpha value is -2.98. The number of esters is 1. The molecule has 186 valence electrons. The monoisotopic (exact) mass is 490 g/mol. The van der Waals surface area contributed by atoms with Crippen LogP contribution in [0.3, 0.4) is 0 Å². The average molecular weight is 491 g/mol. The number of carbonyl (C=O) groups excluding carboxylic acids is 3. The molecular weight excluding hydrogens is 456 g/mol. The first-order chi connectivity index (χ1) is 15.9. The van der Waals surface area contributed by atoms with Gasteiger partial charge in [0.25, 0.3) is 5.91 Å². The maximum Gasteiger partial charge on any atom is 0.324 e. The van der Waals surface area contributed by atoms with Crippen LogP contribution in [0, 0.1) is 11.3 Å². The molecular formula is C24H34N4O5S. The van der Waals surface area contributed by atoms with Gasteiger partial charge < -0.3 is 20.5 Å². The van der Waals surface area contributed by atoms with E-state index in [0.29, 0.717) is 28.2 Å². The summed E-state index contributed by atoms with van der Waals surface area (Å²) in [7, 11) is 1.46. The summed E-state index contributed by atoms with van der Waals surface area (Å²) < 4.78 is 12.2. The van der Waals surface area contributed by atoms with Crippen molar-refractivity contribution in [1.29, 1.82) is 0 Å². The quantitative estimate of drug-likeness (QED) is 0.518. The van der Waals surface area contributed by atoms with E-state index in [1.807, 2.05) is 34.6 Å². The number of hydrogen-bond donors (Lipinski definition) is 2. The highest BCUT2D eigenvalue weighted by atomic mass is 32.1. The highest BCUT2D eigenvalue weighted by Crippen LogP contribution is 2.27. The van der Waals surface area contributed by atoms with Gasteiger partial charge in [-0.3, -0.25) is 19.0 Å².